The van der Waals surface area contributed by atoms with Crippen LogP contribution in [0.25, 0.3) is 10.4 Å². The van der Waals surface area contributed by atoms with Gasteiger partial charge in [0, 0.05) is 29.2 Å². The molecule has 2 fully saturated rings. The minimum Gasteiger partial charge on any atom is -0.482 e. The Bertz CT molecular complexity index is 1030. The fraction of sp³-hybridized carbons (Fsp3) is 0.571. The molecule has 2 aliphatic heterocycles. The van der Waals surface area contributed by atoms with E-state index < -0.39 is 11.6 Å². The molecule has 1 aromatic heterocycles. The predicted octanol–water partition coefficient (Wildman–Crippen LogP) is 6.21. The van der Waals surface area contributed by atoms with Gasteiger partial charge >= 0.3 is 5.97 Å². The second-order valence-corrected chi connectivity index (χ2v) is 13.0. The smallest absolute Gasteiger partial charge is 0.344 e. The Morgan fingerprint density at radius 3 is 2.57 bits per heavy atom. The molecule has 1 N–H and O–H groups in total. The molecule has 2 aliphatic rings. The minimum absolute atomic E-state index is 0.106. The fourth-order valence-corrected chi connectivity index (χ4v) is 7.37. The molecule has 1 amide bonds. The Hall–Kier alpha value is -2.07. The summed E-state index contributed by atoms with van der Waals surface area (Å²) in [6.45, 7) is 6.04. The molecule has 0 saturated carbocycles. The summed E-state index contributed by atoms with van der Waals surface area (Å²) >= 11 is 3.61. The minimum atomic E-state index is -0.535. The van der Waals surface area contributed by atoms with E-state index in [4.69, 9.17) is 19.0 Å². The standard InChI is InChI=1S/C28H37NO6S2/c1-27(2,3)34-25(31)19-33-21-11-9-20(10-12-21)22-13-14-23(37-22)28(15-5-7-17-36-28)18-24(30)29-35-26-8-4-6-16-32-26/h9-14,26H,4-8,15-19H2,1-3H3,(H,29,30)/t26?,28-/m0/s1. The van der Waals surface area contributed by atoms with Crippen molar-refractivity contribution in [3.05, 3.63) is 41.3 Å². The van der Waals surface area contributed by atoms with Gasteiger partial charge in [-0.2, -0.15) is 0 Å². The first-order valence-electron chi connectivity index (χ1n) is 13.0. The van der Waals surface area contributed by atoms with Gasteiger partial charge in [-0.25, -0.2) is 15.1 Å². The lowest BCUT2D eigenvalue weighted by atomic mass is 9.94. The molecule has 1 aromatic carbocycles. The summed E-state index contributed by atoms with van der Waals surface area (Å²) in [7, 11) is 0. The molecular weight excluding hydrogens is 510 g/mol. The van der Waals surface area contributed by atoms with Crippen LogP contribution in [0.4, 0.5) is 0 Å². The van der Waals surface area contributed by atoms with Gasteiger partial charge < -0.3 is 14.2 Å². The van der Waals surface area contributed by atoms with E-state index in [1.54, 1.807) is 11.3 Å². The molecule has 4 rings (SSSR count). The van der Waals surface area contributed by atoms with E-state index >= 15 is 0 Å². The SMILES string of the molecule is CC(C)(C)OC(=O)COc1ccc(-c2ccc([C@@]3(CC(=O)NOC4CCCCO4)CCCCS3)s2)cc1. The van der Waals surface area contributed by atoms with Crippen LogP contribution in [0.3, 0.4) is 0 Å². The number of amides is 1. The fourth-order valence-electron chi connectivity index (χ4n) is 4.47. The number of rotatable bonds is 9. The van der Waals surface area contributed by atoms with Crippen molar-refractivity contribution in [3.63, 3.8) is 0 Å². The van der Waals surface area contributed by atoms with Gasteiger partial charge in [0.1, 0.15) is 11.4 Å². The molecule has 1 unspecified atom stereocenters. The van der Waals surface area contributed by atoms with Gasteiger partial charge in [-0.15, -0.1) is 23.1 Å². The average molecular weight is 548 g/mol. The number of thiophene rings is 1. The topological polar surface area (TPSA) is 83.1 Å². The van der Waals surface area contributed by atoms with Crippen molar-refractivity contribution in [3.8, 4) is 16.2 Å². The number of carbonyl (C=O) groups is 2. The summed E-state index contributed by atoms with van der Waals surface area (Å²) in [5.74, 6) is 1.15. The van der Waals surface area contributed by atoms with Gasteiger partial charge in [-0.1, -0.05) is 6.42 Å². The molecule has 37 heavy (non-hydrogen) atoms. The monoisotopic (exact) mass is 547 g/mol. The third-order valence-electron chi connectivity index (χ3n) is 6.21. The van der Waals surface area contributed by atoms with Gasteiger partial charge in [0.05, 0.1) is 4.75 Å². The van der Waals surface area contributed by atoms with Gasteiger partial charge in [-0.05, 0) is 94.2 Å². The number of esters is 1. The van der Waals surface area contributed by atoms with Gasteiger partial charge in [0.25, 0.3) is 0 Å². The number of ether oxygens (including phenoxy) is 3. The van der Waals surface area contributed by atoms with Crippen LogP contribution in [0.1, 0.15) is 70.6 Å². The highest BCUT2D eigenvalue weighted by molar-refractivity contribution is 8.00. The zero-order valence-electron chi connectivity index (χ0n) is 21.9. The van der Waals surface area contributed by atoms with Crippen molar-refractivity contribution in [1.82, 2.24) is 5.48 Å². The van der Waals surface area contributed by atoms with E-state index in [1.165, 1.54) is 11.3 Å². The van der Waals surface area contributed by atoms with Crippen LogP contribution >= 0.6 is 23.1 Å². The van der Waals surface area contributed by atoms with Gasteiger partial charge in [0.15, 0.2) is 12.9 Å². The van der Waals surface area contributed by atoms with E-state index in [-0.39, 0.29) is 23.6 Å². The zero-order chi connectivity index (χ0) is 26.3. The molecule has 0 aliphatic carbocycles. The van der Waals surface area contributed by atoms with Crippen molar-refractivity contribution < 1.29 is 28.6 Å². The number of hydroxylamine groups is 1. The highest BCUT2D eigenvalue weighted by Crippen LogP contribution is 2.51. The summed E-state index contributed by atoms with van der Waals surface area (Å²) in [6, 6.07) is 12.0. The van der Waals surface area contributed by atoms with Gasteiger partial charge in [-0.3, -0.25) is 4.79 Å². The Morgan fingerprint density at radius 2 is 1.89 bits per heavy atom. The first-order valence-corrected chi connectivity index (χ1v) is 14.8. The van der Waals surface area contributed by atoms with Crippen molar-refractivity contribution in [2.45, 2.75) is 82.4 Å². The maximum absolute atomic E-state index is 12.9. The molecule has 9 heteroatoms. The number of nitrogens with one attached hydrogen (secondary N) is 1. The van der Waals surface area contributed by atoms with E-state index in [9.17, 15) is 9.59 Å². The molecule has 0 radical (unpaired) electrons. The lowest BCUT2D eigenvalue weighted by Crippen LogP contribution is -2.37. The molecule has 0 bridgehead atoms. The van der Waals surface area contributed by atoms with Crippen molar-refractivity contribution in [2.75, 3.05) is 19.0 Å². The molecule has 2 aromatic rings. The Labute approximate surface area is 227 Å². The Balaban J connectivity index is 1.38. The first kappa shape index (κ1) is 28.0. The summed E-state index contributed by atoms with van der Waals surface area (Å²) in [6.07, 6.45) is 6.15. The lowest BCUT2D eigenvalue weighted by molar-refractivity contribution is -0.200. The van der Waals surface area contributed by atoms with E-state index in [1.807, 2.05) is 56.8 Å². The average Bonchev–Trinajstić information content (AvgIpc) is 3.38. The number of thioether (sulfide) groups is 1. The zero-order valence-corrected chi connectivity index (χ0v) is 23.5. The molecule has 7 nitrogen and oxygen atoms in total. The summed E-state index contributed by atoms with van der Waals surface area (Å²) in [4.78, 5) is 32.7. The molecule has 0 spiro atoms. The van der Waals surface area contributed by atoms with Crippen LogP contribution in [0, 0.1) is 0 Å². The van der Waals surface area contributed by atoms with Crippen molar-refractivity contribution in [2.24, 2.45) is 0 Å². The largest absolute Gasteiger partial charge is 0.482 e. The summed E-state index contributed by atoms with van der Waals surface area (Å²) in [5, 5.41) is 0. The maximum atomic E-state index is 12.9. The molecule has 2 atom stereocenters. The molecule has 2 saturated heterocycles. The highest BCUT2D eigenvalue weighted by Gasteiger charge is 2.38. The van der Waals surface area contributed by atoms with E-state index in [0.29, 0.717) is 18.8 Å². The van der Waals surface area contributed by atoms with E-state index in [0.717, 1.165) is 48.3 Å². The molecule has 3 heterocycles. The van der Waals surface area contributed by atoms with Crippen molar-refractivity contribution in [1.29, 1.82) is 0 Å². The molecular formula is C28H37NO6S2. The predicted molar refractivity (Wildman–Crippen MR) is 147 cm³/mol. The maximum Gasteiger partial charge on any atom is 0.344 e. The lowest BCUT2D eigenvalue weighted by Gasteiger charge is -2.35. The van der Waals surface area contributed by atoms with Crippen LogP contribution in [0.15, 0.2) is 36.4 Å². The number of hydrogen-bond donors (Lipinski definition) is 1. The highest BCUT2D eigenvalue weighted by atomic mass is 32.2. The van der Waals surface area contributed by atoms with E-state index in [2.05, 4.69) is 17.6 Å². The normalized spacial score (nSPS) is 22.3. The molecule has 202 valence electrons. The van der Waals surface area contributed by atoms with Crippen LogP contribution in [0.5, 0.6) is 5.75 Å². The first-order chi connectivity index (χ1) is 17.7. The van der Waals surface area contributed by atoms with Crippen LogP contribution < -0.4 is 10.2 Å². The Morgan fingerprint density at radius 1 is 1.08 bits per heavy atom. The van der Waals surface area contributed by atoms with Crippen LogP contribution in [-0.4, -0.2) is 42.7 Å². The summed E-state index contributed by atoms with van der Waals surface area (Å²) in [5.41, 5.74) is 3.19. The third-order valence-corrected chi connectivity index (χ3v) is 9.29. The number of benzene rings is 1. The summed E-state index contributed by atoms with van der Waals surface area (Å²) < 4.78 is 16.2. The van der Waals surface area contributed by atoms with Crippen LogP contribution in [0.2, 0.25) is 0 Å². The number of carbonyl (C=O) groups excluding carboxylic acids is 2. The third kappa shape index (κ3) is 8.21. The Kier molecular flexibility index (Phi) is 9.56. The van der Waals surface area contributed by atoms with Gasteiger partial charge in [0.2, 0.25) is 5.91 Å². The van der Waals surface area contributed by atoms with Crippen molar-refractivity contribution >= 4 is 35.0 Å². The second kappa shape index (κ2) is 12.7. The number of hydrogen-bond acceptors (Lipinski definition) is 8. The second-order valence-electron chi connectivity index (χ2n) is 10.5. The quantitative estimate of drug-likeness (QED) is 0.295. The van der Waals surface area contributed by atoms with Crippen LogP contribution in [-0.2, 0) is 28.6 Å².